The lowest BCUT2D eigenvalue weighted by atomic mass is 10.2. The maximum atomic E-state index is 8.11. The van der Waals surface area contributed by atoms with Crippen molar-refractivity contribution in [2.75, 3.05) is 0 Å². The number of hydrogen-bond donors (Lipinski definition) is 0. The van der Waals surface area contributed by atoms with Crippen LogP contribution in [0.1, 0.15) is 26.7 Å². The summed E-state index contributed by atoms with van der Waals surface area (Å²) in [7, 11) is 0. The second-order valence-corrected chi connectivity index (χ2v) is 1.37. The molecule has 0 aromatic carbocycles. The summed E-state index contributed by atoms with van der Waals surface area (Å²) in [6, 6.07) is 0. The van der Waals surface area contributed by atoms with Crippen LogP contribution >= 0.6 is 0 Å². The largest absolute Gasteiger partial charge is 0.362 e. The molecule has 2 heteroatoms. The fraction of sp³-hybridized carbons (Fsp3) is 0.800. The molecule has 0 saturated heterocycles. The van der Waals surface area contributed by atoms with E-state index in [1.807, 2.05) is 13.8 Å². The monoisotopic (exact) mass is 98.1 g/mol. The molecule has 7 heavy (non-hydrogen) atoms. The van der Waals surface area contributed by atoms with E-state index in [1.54, 1.807) is 0 Å². The second kappa shape index (κ2) is 3.57. The Labute approximate surface area is 43.8 Å². The first-order valence-corrected chi connectivity index (χ1v) is 2.54. The average molecular weight is 98.1 g/mol. The normalized spacial score (nSPS) is 7.71. The molecule has 0 fully saturated rings. The molecule has 0 aromatic rings. The van der Waals surface area contributed by atoms with Crippen molar-refractivity contribution < 1.29 is 4.79 Å². The lowest BCUT2D eigenvalue weighted by Gasteiger charge is -1.77. The first-order chi connectivity index (χ1) is 3.35. The molecular weight excluding hydrogens is 88.1 g/mol. The molecule has 0 amide bonds. The zero-order chi connectivity index (χ0) is 5.70. The van der Waals surface area contributed by atoms with Crippen LogP contribution in [-0.4, -0.2) is 10.5 Å². The van der Waals surface area contributed by atoms with Gasteiger partial charge in [0.15, 0.2) is 0 Å². The Hall–Kier alpha value is -0.620. The summed E-state index contributed by atoms with van der Waals surface area (Å²) in [5, 5.41) is 0. The van der Waals surface area contributed by atoms with Crippen molar-refractivity contribution in [3.63, 3.8) is 0 Å². The maximum absolute atomic E-state index is 8.11. The highest BCUT2D eigenvalue weighted by molar-refractivity contribution is 5.78. The third kappa shape index (κ3) is 2.12. The van der Waals surface area contributed by atoms with E-state index >= 15 is 0 Å². The molecule has 0 N–H and O–H groups in total. The van der Waals surface area contributed by atoms with Gasteiger partial charge in [-0.2, -0.15) is 4.79 Å². The molecule has 0 aliphatic rings. The number of rotatable bonds is 2. The standard InChI is InChI=1S/C5H10N2/c1-3-5(4-2)7-6/h3-4H2,1-2H3. The molecule has 0 bridgehead atoms. The summed E-state index contributed by atoms with van der Waals surface area (Å²) in [5.74, 6) is 0. The molecule has 2 nitrogen and oxygen atoms in total. The summed E-state index contributed by atoms with van der Waals surface area (Å²) >= 11 is 0. The molecule has 0 rings (SSSR count). The lowest BCUT2D eigenvalue weighted by molar-refractivity contribution is -0.0105. The zero-order valence-corrected chi connectivity index (χ0v) is 4.81. The number of hydrogen-bond acceptors (Lipinski definition) is 0. The van der Waals surface area contributed by atoms with Crippen molar-refractivity contribution in [3.8, 4) is 0 Å². The molecule has 0 spiro atoms. The van der Waals surface area contributed by atoms with Gasteiger partial charge in [-0.15, -0.1) is 0 Å². The summed E-state index contributed by atoms with van der Waals surface area (Å²) in [6.45, 7) is 3.94. The van der Waals surface area contributed by atoms with Gasteiger partial charge in [0.05, 0.1) is 0 Å². The smallest absolute Gasteiger partial charge is 0.268 e. The topological polar surface area (TPSA) is 36.4 Å². The first kappa shape index (κ1) is 6.38. The average Bonchev–Trinajstić information content (AvgIpc) is 1.72. The molecular formula is C5H10N2. The lowest BCUT2D eigenvalue weighted by Crippen LogP contribution is -1.92. The number of nitrogens with zero attached hydrogens (tertiary/aromatic N) is 2. The van der Waals surface area contributed by atoms with Crippen LogP contribution in [-0.2, 0) is 0 Å². The zero-order valence-electron chi connectivity index (χ0n) is 4.81. The van der Waals surface area contributed by atoms with Gasteiger partial charge >= 0.3 is 0 Å². The van der Waals surface area contributed by atoms with E-state index in [4.69, 9.17) is 5.53 Å². The Kier molecular flexibility index (Phi) is 3.25. The van der Waals surface area contributed by atoms with Crippen molar-refractivity contribution in [2.24, 2.45) is 0 Å². The third-order valence-corrected chi connectivity index (χ3v) is 0.958. The predicted molar refractivity (Wildman–Crippen MR) is 29.2 cm³/mol. The minimum absolute atomic E-state index is 0.854. The highest BCUT2D eigenvalue weighted by Crippen LogP contribution is 1.83. The van der Waals surface area contributed by atoms with E-state index < -0.39 is 0 Å². The predicted octanol–water partition coefficient (Wildman–Crippen LogP) is 1.48. The van der Waals surface area contributed by atoms with Crippen molar-refractivity contribution in [1.29, 1.82) is 0 Å². The highest BCUT2D eigenvalue weighted by Gasteiger charge is 1.95. The van der Waals surface area contributed by atoms with Crippen molar-refractivity contribution in [2.45, 2.75) is 26.7 Å². The van der Waals surface area contributed by atoms with Gasteiger partial charge in [-0.05, 0) is 0 Å². The summed E-state index contributed by atoms with van der Waals surface area (Å²) in [5.41, 5.74) is 8.98. The van der Waals surface area contributed by atoms with E-state index in [0.29, 0.717) is 0 Å². The van der Waals surface area contributed by atoms with Crippen molar-refractivity contribution in [3.05, 3.63) is 5.53 Å². The molecule has 0 atom stereocenters. The van der Waals surface area contributed by atoms with Crippen molar-refractivity contribution >= 4 is 5.71 Å². The van der Waals surface area contributed by atoms with Crippen LogP contribution in [0.3, 0.4) is 0 Å². The Morgan fingerprint density at radius 2 is 1.86 bits per heavy atom. The van der Waals surface area contributed by atoms with Gasteiger partial charge in [-0.1, -0.05) is 13.8 Å². The van der Waals surface area contributed by atoms with Crippen LogP contribution < -0.4 is 0 Å². The van der Waals surface area contributed by atoms with Gasteiger partial charge in [0, 0.05) is 12.8 Å². The molecule has 0 heterocycles. The van der Waals surface area contributed by atoms with Gasteiger partial charge in [0.25, 0.3) is 5.71 Å². The molecule has 0 aliphatic carbocycles. The Balaban J connectivity index is 3.61. The maximum Gasteiger partial charge on any atom is 0.268 e. The fourth-order valence-electron chi connectivity index (χ4n) is 0.391. The van der Waals surface area contributed by atoms with Gasteiger partial charge in [-0.25, -0.2) is 0 Å². The van der Waals surface area contributed by atoms with Crippen LogP contribution in [0.15, 0.2) is 0 Å². The summed E-state index contributed by atoms with van der Waals surface area (Å²) in [4.78, 5) is 3.04. The first-order valence-electron chi connectivity index (χ1n) is 2.54. The second-order valence-electron chi connectivity index (χ2n) is 1.37. The fourth-order valence-corrected chi connectivity index (χ4v) is 0.391. The third-order valence-electron chi connectivity index (χ3n) is 0.958. The van der Waals surface area contributed by atoms with Gasteiger partial charge in [0.1, 0.15) is 0 Å². The van der Waals surface area contributed by atoms with Crippen LogP contribution in [0, 0.1) is 0 Å². The van der Waals surface area contributed by atoms with E-state index in [0.717, 1.165) is 18.6 Å². The molecule has 0 aromatic heterocycles. The van der Waals surface area contributed by atoms with E-state index in [2.05, 4.69) is 4.79 Å². The van der Waals surface area contributed by atoms with Gasteiger partial charge in [-0.3, -0.25) is 0 Å². The van der Waals surface area contributed by atoms with Crippen LogP contribution in [0.5, 0.6) is 0 Å². The molecule has 0 saturated carbocycles. The van der Waals surface area contributed by atoms with Crippen molar-refractivity contribution in [1.82, 2.24) is 0 Å². The van der Waals surface area contributed by atoms with Gasteiger partial charge < -0.3 is 5.53 Å². The summed E-state index contributed by atoms with van der Waals surface area (Å²) < 4.78 is 0. The van der Waals surface area contributed by atoms with Crippen LogP contribution in [0.4, 0.5) is 0 Å². The molecule has 0 aliphatic heterocycles. The molecule has 0 unspecified atom stereocenters. The van der Waals surface area contributed by atoms with Crippen LogP contribution in [0.25, 0.3) is 5.53 Å². The highest BCUT2D eigenvalue weighted by atomic mass is 14.8. The molecule has 0 radical (unpaired) electrons. The minimum Gasteiger partial charge on any atom is -0.362 e. The Morgan fingerprint density at radius 1 is 1.43 bits per heavy atom. The quantitative estimate of drug-likeness (QED) is 0.285. The van der Waals surface area contributed by atoms with E-state index in [9.17, 15) is 0 Å². The summed E-state index contributed by atoms with van der Waals surface area (Å²) in [6.07, 6.45) is 1.71. The minimum atomic E-state index is 0.854. The van der Waals surface area contributed by atoms with Gasteiger partial charge in [0.2, 0.25) is 0 Å². The molecule has 40 valence electrons. The van der Waals surface area contributed by atoms with E-state index in [1.165, 1.54) is 0 Å². The van der Waals surface area contributed by atoms with Crippen LogP contribution in [0.2, 0.25) is 0 Å². The Bertz CT molecular complexity index is 84.3. The van der Waals surface area contributed by atoms with E-state index in [-0.39, 0.29) is 0 Å². The Morgan fingerprint density at radius 3 is 1.86 bits per heavy atom. The SMILES string of the molecule is CCC(CC)=[N+]=[N-].